The minimum atomic E-state index is -0.0129. The molecule has 0 aliphatic heterocycles. The third-order valence-electron chi connectivity index (χ3n) is 5.25. The molecular weight excluding hydrogens is 352 g/mol. The van der Waals surface area contributed by atoms with Crippen molar-refractivity contribution in [3.63, 3.8) is 0 Å². The van der Waals surface area contributed by atoms with E-state index < -0.39 is 0 Å². The summed E-state index contributed by atoms with van der Waals surface area (Å²) in [4.78, 5) is 25.0. The highest BCUT2D eigenvalue weighted by Crippen LogP contribution is 2.28. The second kappa shape index (κ2) is 7.47. The lowest BCUT2D eigenvalue weighted by atomic mass is 10.0. The van der Waals surface area contributed by atoms with Crippen LogP contribution in [-0.4, -0.2) is 11.6 Å². The van der Waals surface area contributed by atoms with Gasteiger partial charge in [0, 0.05) is 34.7 Å². The lowest BCUT2D eigenvalue weighted by Gasteiger charge is -2.00. The number of benzene rings is 2. The highest BCUT2D eigenvalue weighted by Gasteiger charge is 2.19. The lowest BCUT2D eigenvalue weighted by molar-refractivity contribution is 0.0929. The van der Waals surface area contributed by atoms with Crippen LogP contribution in [0.15, 0.2) is 57.4 Å². The van der Waals surface area contributed by atoms with Crippen LogP contribution < -0.4 is 0 Å². The Morgan fingerprint density at radius 2 is 1.07 bits per heavy atom. The SMILES string of the molecule is Cc1c(C(=O)CCCCC(=O)c2oc3ccccc3c2C)oc2ccccc12. The van der Waals surface area contributed by atoms with Crippen LogP contribution in [0.4, 0.5) is 0 Å². The van der Waals surface area contributed by atoms with E-state index in [1.807, 2.05) is 62.4 Å². The highest BCUT2D eigenvalue weighted by molar-refractivity contribution is 6.01. The van der Waals surface area contributed by atoms with Crippen molar-refractivity contribution in [3.05, 3.63) is 71.2 Å². The second-order valence-electron chi connectivity index (χ2n) is 7.16. The van der Waals surface area contributed by atoms with E-state index in [9.17, 15) is 9.59 Å². The molecule has 0 aliphatic rings. The molecular formula is C24H22O4. The Labute approximate surface area is 163 Å². The molecule has 0 unspecified atom stereocenters. The van der Waals surface area contributed by atoms with Gasteiger partial charge in [-0.3, -0.25) is 9.59 Å². The van der Waals surface area contributed by atoms with Gasteiger partial charge in [-0.25, -0.2) is 0 Å². The zero-order valence-corrected chi connectivity index (χ0v) is 16.1. The van der Waals surface area contributed by atoms with E-state index >= 15 is 0 Å². The molecule has 28 heavy (non-hydrogen) atoms. The van der Waals surface area contributed by atoms with Gasteiger partial charge in [0.25, 0.3) is 0 Å². The average Bonchev–Trinajstić information content (AvgIpc) is 3.23. The number of ketones is 2. The van der Waals surface area contributed by atoms with E-state index in [0.29, 0.717) is 37.2 Å². The van der Waals surface area contributed by atoms with E-state index in [-0.39, 0.29) is 11.6 Å². The van der Waals surface area contributed by atoms with Gasteiger partial charge in [-0.1, -0.05) is 36.4 Å². The van der Waals surface area contributed by atoms with Crippen molar-refractivity contribution in [2.24, 2.45) is 0 Å². The molecule has 0 atom stereocenters. The Morgan fingerprint density at radius 3 is 1.46 bits per heavy atom. The van der Waals surface area contributed by atoms with Gasteiger partial charge in [-0.15, -0.1) is 0 Å². The normalized spacial score (nSPS) is 11.4. The van der Waals surface area contributed by atoms with Gasteiger partial charge < -0.3 is 8.83 Å². The molecule has 0 aliphatic carbocycles. The maximum Gasteiger partial charge on any atom is 0.198 e. The zero-order valence-electron chi connectivity index (χ0n) is 16.1. The van der Waals surface area contributed by atoms with Crippen molar-refractivity contribution in [1.29, 1.82) is 0 Å². The third kappa shape index (κ3) is 3.26. The minimum Gasteiger partial charge on any atom is -0.453 e. The first-order valence-corrected chi connectivity index (χ1v) is 9.59. The molecule has 2 aromatic heterocycles. The highest BCUT2D eigenvalue weighted by atomic mass is 16.3. The summed E-state index contributed by atoms with van der Waals surface area (Å²) in [7, 11) is 0. The first-order valence-electron chi connectivity index (χ1n) is 9.59. The number of furan rings is 2. The molecule has 142 valence electrons. The number of hydrogen-bond acceptors (Lipinski definition) is 4. The topological polar surface area (TPSA) is 60.4 Å². The molecule has 0 fully saturated rings. The number of Topliss-reactive ketones (excluding diaryl/α,β-unsaturated/α-hetero) is 2. The van der Waals surface area contributed by atoms with Gasteiger partial charge in [-0.05, 0) is 38.8 Å². The molecule has 2 aromatic carbocycles. The number of para-hydroxylation sites is 2. The smallest absolute Gasteiger partial charge is 0.198 e. The van der Waals surface area contributed by atoms with Crippen LogP contribution in [0.5, 0.6) is 0 Å². The summed E-state index contributed by atoms with van der Waals surface area (Å²) in [6, 6.07) is 15.3. The third-order valence-corrected chi connectivity index (χ3v) is 5.25. The first-order chi connectivity index (χ1) is 13.6. The van der Waals surface area contributed by atoms with Crippen molar-refractivity contribution in [2.45, 2.75) is 39.5 Å². The molecule has 0 saturated carbocycles. The lowest BCUT2D eigenvalue weighted by Crippen LogP contribution is -2.02. The van der Waals surface area contributed by atoms with E-state index in [1.54, 1.807) is 0 Å². The fourth-order valence-electron chi connectivity index (χ4n) is 3.68. The number of hydrogen-bond donors (Lipinski definition) is 0. The van der Waals surface area contributed by atoms with Gasteiger partial charge in [0.2, 0.25) is 0 Å². The Kier molecular flexibility index (Phi) is 4.86. The number of unbranched alkanes of at least 4 members (excludes halogenated alkanes) is 1. The predicted molar refractivity (Wildman–Crippen MR) is 109 cm³/mol. The summed E-state index contributed by atoms with van der Waals surface area (Å²) < 4.78 is 11.5. The molecule has 0 saturated heterocycles. The van der Waals surface area contributed by atoms with Crippen LogP contribution in [0, 0.1) is 13.8 Å². The van der Waals surface area contributed by atoms with Crippen LogP contribution in [0.3, 0.4) is 0 Å². The van der Waals surface area contributed by atoms with Crippen LogP contribution >= 0.6 is 0 Å². The van der Waals surface area contributed by atoms with Gasteiger partial charge in [-0.2, -0.15) is 0 Å². The first kappa shape index (κ1) is 18.2. The minimum absolute atomic E-state index is 0.0129. The van der Waals surface area contributed by atoms with Gasteiger partial charge in [0.15, 0.2) is 23.1 Å². The Hall–Kier alpha value is -3.14. The van der Waals surface area contributed by atoms with E-state index in [2.05, 4.69) is 0 Å². The van der Waals surface area contributed by atoms with Crippen LogP contribution in [-0.2, 0) is 0 Å². The Morgan fingerprint density at radius 1 is 0.679 bits per heavy atom. The second-order valence-corrected chi connectivity index (χ2v) is 7.16. The van der Waals surface area contributed by atoms with Crippen molar-refractivity contribution in [1.82, 2.24) is 0 Å². The van der Waals surface area contributed by atoms with Gasteiger partial charge >= 0.3 is 0 Å². The van der Waals surface area contributed by atoms with E-state index in [0.717, 1.165) is 33.1 Å². The predicted octanol–water partition coefficient (Wildman–Crippen LogP) is 6.42. The average molecular weight is 374 g/mol. The van der Waals surface area contributed by atoms with E-state index in [4.69, 9.17) is 8.83 Å². The fraction of sp³-hybridized carbons (Fsp3) is 0.250. The summed E-state index contributed by atoms with van der Waals surface area (Å²) >= 11 is 0. The van der Waals surface area contributed by atoms with Gasteiger partial charge in [0.1, 0.15) is 11.2 Å². The summed E-state index contributed by atoms with van der Waals surface area (Å²) in [5, 5.41) is 1.95. The molecule has 0 amide bonds. The summed E-state index contributed by atoms with van der Waals surface area (Å²) in [5.74, 6) is 0.837. The quantitative estimate of drug-likeness (QED) is 0.276. The molecule has 0 N–H and O–H groups in total. The van der Waals surface area contributed by atoms with Crippen LogP contribution in [0.2, 0.25) is 0 Å². The number of carbonyl (C=O) groups excluding carboxylic acids is 2. The van der Waals surface area contributed by atoms with Gasteiger partial charge in [0.05, 0.1) is 0 Å². The summed E-state index contributed by atoms with van der Waals surface area (Å²) in [6.07, 6.45) is 2.01. The molecule has 4 aromatic rings. The molecule has 4 rings (SSSR count). The number of aryl methyl sites for hydroxylation is 2. The zero-order chi connectivity index (χ0) is 19.7. The molecule has 0 radical (unpaired) electrons. The van der Waals surface area contributed by atoms with Crippen molar-refractivity contribution in [3.8, 4) is 0 Å². The molecule has 4 heteroatoms. The van der Waals surface area contributed by atoms with Crippen molar-refractivity contribution >= 4 is 33.5 Å². The maximum atomic E-state index is 12.5. The Bertz CT molecular complexity index is 1080. The largest absolute Gasteiger partial charge is 0.453 e. The summed E-state index contributed by atoms with van der Waals surface area (Å²) in [5.41, 5.74) is 3.24. The van der Waals surface area contributed by atoms with Crippen LogP contribution in [0.25, 0.3) is 21.9 Å². The fourth-order valence-corrected chi connectivity index (χ4v) is 3.68. The monoisotopic (exact) mass is 374 g/mol. The van der Waals surface area contributed by atoms with Crippen molar-refractivity contribution in [2.75, 3.05) is 0 Å². The number of fused-ring (bicyclic) bond motifs is 2. The number of rotatable bonds is 7. The molecule has 0 bridgehead atoms. The molecule has 2 heterocycles. The maximum absolute atomic E-state index is 12.5. The van der Waals surface area contributed by atoms with E-state index in [1.165, 1.54) is 0 Å². The summed E-state index contributed by atoms with van der Waals surface area (Å²) in [6.45, 7) is 3.82. The molecule has 0 spiro atoms. The molecule has 4 nitrogen and oxygen atoms in total. The Balaban J connectivity index is 1.36. The number of carbonyl (C=O) groups is 2. The van der Waals surface area contributed by atoms with Crippen molar-refractivity contribution < 1.29 is 18.4 Å². The van der Waals surface area contributed by atoms with Crippen LogP contribution in [0.1, 0.15) is 57.9 Å². The standard InChI is InChI=1S/C24H22O4/c1-15-17-9-3-7-13-21(17)27-23(15)19(25)11-5-6-12-20(26)24-16(2)18-10-4-8-14-22(18)28-24/h3-4,7-10,13-14H,5-6,11-12H2,1-2H3.